The fourth-order valence-corrected chi connectivity index (χ4v) is 2.84. The van der Waals surface area contributed by atoms with Crippen molar-refractivity contribution in [3.63, 3.8) is 0 Å². The maximum atomic E-state index is 8.66. The second-order valence-corrected chi connectivity index (χ2v) is 5.22. The summed E-state index contributed by atoms with van der Waals surface area (Å²) in [5.74, 6) is 0.418. The van der Waals surface area contributed by atoms with Crippen LogP contribution in [0.4, 0.5) is 0 Å². The van der Waals surface area contributed by atoms with Crippen LogP contribution in [0.2, 0.25) is 0 Å². The number of nitriles is 1. The molecular formula is C14H15N3S. The minimum absolute atomic E-state index is 0.418. The molecule has 0 N–H and O–H groups in total. The molecule has 0 fully saturated rings. The van der Waals surface area contributed by atoms with Crippen molar-refractivity contribution in [2.45, 2.75) is 25.9 Å². The van der Waals surface area contributed by atoms with Gasteiger partial charge in [0.1, 0.15) is 0 Å². The number of imidazole rings is 1. The van der Waals surface area contributed by atoms with Crippen LogP contribution in [0, 0.1) is 32.1 Å². The average molecular weight is 257 g/mol. The average Bonchev–Trinajstić information content (AvgIpc) is 2.73. The highest BCUT2D eigenvalue weighted by Gasteiger charge is 2.10. The third-order valence-electron chi connectivity index (χ3n) is 2.75. The Balaban J connectivity index is 2.50. The van der Waals surface area contributed by atoms with Crippen molar-refractivity contribution in [1.29, 1.82) is 5.26 Å². The lowest BCUT2D eigenvalue weighted by molar-refractivity contribution is 0.880. The fraction of sp³-hybridized carbons (Fsp3) is 0.286. The predicted molar refractivity (Wildman–Crippen MR) is 74.1 cm³/mol. The molecule has 3 nitrogen and oxygen atoms in total. The highest BCUT2D eigenvalue weighted by atomic mass is 32.2. The lowest BCUT2D eigenvalue weighted by Gasteiger charge is -2.14. The maximum Gasteiger partial charge on any atom is 0.173 e. The molecule has 0 saturated carbocycles. The van der Waals surface area contributed by atoms with Crippen LogP contribution in [-0.4, -0.2) is 15.3 Å². The van der Waals surface area contributed by atoms with Gasteiger partial charge in [0.05, 0.1) is 17.5 Å². The number of rotatable bonds is 3. The van der Waals surface area contributed by atoms with Crippen LogP contribution < -0.4 is 0 Å². The van der Waals surface area contributed by atoms with Crippen molar-refractivity contribution in [3.8, 4) is 11.8 Å². The first-order valence-corrected chi connectivity index (χ1v) is 6.73. The molecule has 0 atom stereocenters. The third-order valence-corrected chi connectivity index (χ3v) is 3.58. The quantitative estimate of drug-likeness (QED) is 0.791. The van der Waals surface area contributed by atoms with E-state index in [1.54, 1.807) is 6.20 Å². The van der Waals surface area contributed by atoms with Crippen molar-refractivity contribution in [2.75, 3.05) is 5.75 Å². The van der Waals surface area contributed by atoms with Crippen molar-refractivity contribution >= 4 is 11.8 Å². The Kier molecular flexibility index (Phi) is 3.73. The molecule has 0 bridgehead atoms. The Bertz CT molecular complexity index is 585. The molecular weight excluding hydrogens is 242 g/mol. The molecule has 0 aliphatic carbocycles. The molecule has 92 valence electrons. The molecule has 0 aliphatic heterocycles. The highest BCUT2D eigenvalue weighted by Crippen LogP contribution is 2.26. The summed E-state index contributed by atoms with van der Waals surface area (Å²) >= 11 is 1.46. The van der Waals surface area contributed by atoms with Gasteiger partial charge in [-0.15, -0.1) is 0 Å². The summed E-state index contributed by atoms with van der Waals surface area (Å²) in [5, 5.41) is 9.53. The topological polar surface area (TPSA) is 41.6 Å². The van der Waals surface area contributed by atoms with Crippen LogP contribution in [0.1, 0.15) is 16.7 Å². The van der Waals surface area contributed by atoms with E-state index in [0.29, 0.717) is 5.75 Å². The maximum absolute atomic E-state index is 8.66. The molecule has 1 heterocycles. The monoisotopic (exact) mass is 257 g/mol. The van der Waals surface area contributed by atoms with Crippen molar-refractivity contribution in [2.24, 2.45) is 0 Å². The largest absolute Gasteiger partial charge is 0.294 e. The van der Waals surface area contributed by atoms with Crippen LogP contribution in [0.15, 0.2) is 29.7 Å². The van der Waals surface area contributed by atoms with E-state index in [4.69, 9.17) is 5.26 Å². The Morgan fingerprint density at radius 3 is 2.56 bits per heavy atom. The molecule has 1 aromatic carbocycles. The molecule has 18 heavy (non-hydrogen) atoms. The molecule has 0 unspecified atom stereocenters. The Labute approximate surface area is 111 Å². The second-order valence-electron chi connectivity index (χ2n) is 4.27. The van der Waals surface area contributed by atoms with Crippen LogP contribution in [-0.2, 0) is 0 Å². The summed E-state index contributed by atoms with van der Waals surface area (Å²) in [6, 6.07) is 6.47. The number of aryl methyl sites for hydroxylation is 3. The molecule has 0 aliphatic rings. The van der Waals surface area contributed by atoms with E-state index in [2.05, 4.69) is 48.5 Å². The molecule has 1 aromatic heterocycles. The summed E-state index contributed by atoms with van der Waals surface area (Å²) in [5.41, 5.74) is 4.88. The first-order chi connectivity index (χ1) is 8.63. The lowest BCUT2D eigenvalue weighted by atomic mass is 10.1. The van der Waals surface area contributed by atoms with E-state index < -0.39 is 0 Å². The normalized spacial score (nSPS) is 10.3. The van der Waals surface area contributed by atoms with E-state index in [1.165, 1.54) is 34.1 Å². The van der Waals surface area contributed by atoms with Gasteiger partial charge in [-0.3, -0.25) is 4.57 Å². The minimum Gasteiger partial charge on any atom is -0.294 e. The second kappa shape index (κ2) is 5.28. The number of benzene rings is 1. The molecule has 2 rings (SSSR count). The van der Waals surface area contributed by atoms with Crippen molar-refractivity contribution in [3.05, 3.63) is 41.2 Å². The smallest absolute Gasteiger partial charge is 0.173 e. The number of thioether (sulfide) groups is 1. The van der Waals surface area contributed by atoms with Gasteiger partial charge in [0, 0.05) is 12.4 Å². The van der Waals surface area contributed by atoms with Gasteiger partial charge in [-0.25, -0.2) is 4.98 Å². The Morgan fingerprint density at radius 1 is 1.28 bits per heavy atom. The fourth-order valence-electron chi connectivity index (χ4n) is 2.22. The van der Waals surface area contributed by atoms with E-state index in [1.807, 2.05) is 6.20 Å². The van der Waals surface area contributed by atoms with E-state index in [-0.39, 0.29) is 0 Å². The molecule has 2 aromatic rings. The molecule has 0 amide bonds. The number of hydrogen-bond donors (Lipinski definition) is 0. The summed E-state index contributed by atoms with van der Waals surface area (Å²) in [6.45, 7) is 6.31. The minimum atomic E-state index is 0.418. The SMILES string of the molecule is Cc1cc(C)c(-n2ccnc2SCC#N)c(C)c1. The van der Waals surface area contributed by atoms with Crippen LogP contribution in [0.3, 0.4) is 0 Å². The first kappa shape index (κ1) is 12.7. The van der Waals surface area contributed by atoms with Gasteiger partial charge >= 0.3 is 0 Å². The molecule has 0 spiro atoms. The van der Waals surface area contributed by atoms with Crippen LogP contribution >= 0.6 is 11.8 Å². The summed E-state index contributed by atoms with van der Waals surface area (Å²) in [6.07, 6.45) is 3.73. The van der Waals surface area contributed by atoms with Gasteiger partial charge < -0.3 is 0 Å². The van der Waals surface area contributed by atoms with Crippen LogP contribution in [0.25, 0.3) is 5.69 Å². The predicted octanol–water partition coefficient (Wildman–Crippen LogP) is 3.41. The number of aromatic nitrogens is 2. The Morgan fingerprint density at radius 2 is 1.94 bits per heavy atom. The highest BCUT2D eigenvalue weighted by molar-refractivity contribution is 7.99. The van der Waals surface area contributed by atoms with E-state index in [9.17, 15) is 0 Å². The summed E-state index contributed by atoms with van der Waals surface area (Å²) in [7, 11) is 0. The van der Waals surface area contributed by atoms with Gasteiger partial charge in [-0.1, -0.05) is 29.5 Å². The first-order valence-electron chi connectivity index (χ1n) is 5.75. The molecule has 0 radical (unpaired) electrons. The van der Waals surface area contributed by atoms with Crippen LogP contribution in [0.5, 0.6) is 0 Å². The molecule has 4 heteroatoms. The zero-order valence-corrected chi connectivity index (χ0v) is 11.6. The number of nitrogens with zero attached hydrogens (tertiary/aromatic N) is 3. The standard InChI is InChI=1S/C14H15N3S/c1-10-8-11(2)13(12(3)9-10)17-6-5-16-14(17)18-7-4-15/h5-6,8-9H,7H2,1-3H3. The van der Waals surface area contributed by atoms with E-state index >= 15 is 0 Å². The summed E-state index contributed by atoms with van der Waals surface area (Å²) in [4.78, 5) is 4.31. The Hall–Kier alpha value is -1.73. The van der Waals surface area contributed by atoms with Gasteiger partial charge in [-0.05, 0) is 31.9 Å². The lowest BCUT2D eigenvalue weighted by Crippen LogP contribution is -2.01. The number of hydrogen-bond acceptors (Lipinski definition) is 3. The van der Waals surface area contributed by atoms with Crippen molar-refractivity contribution in [1.82, 2.24) is 9.55 Å². The zero-order chi connectivity index (χ0) is 13.1. The van der Waals surface area contributed by atoms with Crippen molar-refractivity contribution < 1.29 is 0 Å². The van der Waals surface area contributed by atoms with Gasteiger partial charge in [0.25, 0.3) is 0 Å². The van der Waals surface area contributed by atoms with E-state index in [0.717, 1.165) is 5.16 Å². The van der Waals surface area contributed by atoms with Gasteiger partial charge in [-0.2, -0.15) is 5.26 Å². The molecule has 0 saturated heterocycles. The summed E-state index contributed by atoms with van der Waals surface area (Å²) < 4.78 is 2.06. The van der Waals surface area contributed by atoms with Gasteiger partial charge in [0.2, 0.25) is 0 Å². The van der Waals surface area contributed by atoms with Gasteiger partial charge in [0.15, 0.2) is 5.16 Å². The zero-order valence-electron chi connectivity index (χ0n) is 10.8. The third kappa shape index (κ3) is 2.41.